The number of fused-ring (bicyclic) bond motifs is 1. The van der Waals surface area contributed by atoms with Crippen molar-refractivity contribution in [1.29, 1.82) is 0 Å². The van der Waals surface area contributed by atoms with Crippen LogP contribution in [0.2, 0.25) is 0 Å². The lowest BCUT2D eigenvalue weighted by molar-refractivity contribution is -0.308. The standard InChI is InChI=1S/C29H27NO6/c1-17-22-14-15-24(18(2)26(22)36-29(34)23(17)16-20-10-6-4-7-11-20)35-19(3)27(31)30-25(28(32)33)21-12-8-5-9-13-21/h4-15,19,25H,16H2,1-3H3,(H,30,31)(H,32,33)/p-1/t19-,25-/m0/s1. The third-order valence-electron chi connectivity index (χ3n) is 6.21. The molecule has 1 aromatic heterocycles. The van der Waals surface area contributed by atoms with Gasteiger partial charge in [0.25, 0.3) is 5.91 Å². The van der Waals surface area contributed by atoms with Crippen molar-refractivity contribution in [2.24, 2.45) is 0 Å². The first-order valence-corrected chi connectivity index (χ1v) is 11.6. The second-order valence-electron chi connectivity index (χ2n) is 8.65. The SMILES string of the molecule is Cc1c(Cc2ccccc2)c(=O)oc2c(C)c(O[C@@H](C)C(=O)N[C@H](C(=O)[O-])c3ccccc3)ccc12. The van der Waals surface area contributed by atoms with E-state index < -0.39 is 29.6 Å². The van der Waals surface area contributed by atoms with E-state index in [0.717, 1.165) is 16.5 Å². The Bertz CT molecular complexity index is 1460. The normalized spacial score (nSPS) is 12.6. The fourth-order valence-corrected chi connectivity index (χ4v) is 4.13. The molecule has 0 saturated heterocycles. The summed E-state index contributed by atoms with van der Waals surface area (Å²) >= 11 is 0. The second-order valence-corrected chi connectivity index (χ2v) is 8.65. The fourth-order valence-electron chi connectivity index (χ4n) is 4.13. The minimum Gasteiger partial charge on any atom is -0.548 e. The summed E-state index contributed by atoms with van der Waals surface area (Å²) in [5, 5.41) is 14.9. The van der Waals surface area contributed by atoms with E-state index in [-0.39, 0.29) is 0 Å². The maximum Gasteiger partial charge on any atom is 0.340 e. The third kappa shape index (κ3) is 5.15. The molecule has 0 unspecified atom stereocenters. The molecular formula is C29H26NO6-. The van der Waals surface area contributed by atoms with E-state index in [1.54, 1.807) is 49.4 Å². The Labute approximate surface area is 208 Å². The Balaban J connectivity index is 1.57. The molecule has 2 atom stereocenters. The van der Waals surface area contributed by atoms with Crippen LogP contribution in [-0.4, -0.2) is 18.0 Å². The van der Waals surface area contributed by atoms with Crippen molar-refractivity contribution in [3.05, 3.63) is 111 Å². The number of nitrogens with one attached hydrogen (secondary N) is 1. The van der Waals surface area contributed by atoms with Gasteiger partial charge in [0.05, 0.1) is 12.0 Å². The van der Waals surface area contributed by atoms with Crippen LogP contribution in [0, 0.1) is 13.8 Å². The van der Waals surface area contributed by atoms with Gasteiger partial charge < -0.3 is 24.4 Å². The van der Waals surface area contributed by atoms with Crippen molar-refractivity contribution < 1.29 is 23.8 Å². The molecule has 1 heterocycles. The molecule has 1 N–H and O–H groups in total. The van der Waals surface area contributed by atoms with Gasteiger partial charge in [-0.25, -0.2) is 4.79 Å². The summed E-state index contributed by atoms with van der Waals surface area (Å²) in [5.74, 6) is -1.69. The first-order valence-electron chi connectivity index (χ1n) is 11.6. The van der Waals surface area contributed by atoms with Gasteiger partial charge in [0.2, 0.25) is 0 Å². The highest BCUT2D eigenvalue weighted by molar-refractivity contribution is 5.88. The number of carboxylic acids is 1. The number of hydrogen-bond donors (Lipinski definition) is 1. The molecule has 0 radical (unpaired) electrons. The first-order chi connectivity index (χ1) is 17.3. The third-order valence-corrected chi connectivity index (χ3v) is 6.21. The smallest absolute Gasteiger partial charge is 0.340 e. The average Bonchev–Trinajstić information content (AvgIpc) is 2.87. The molecule has 4 rings (SSSR count). The minimum atomic E-state index is -1.42. The monoisotopic (exact) mass is 484 g/mol. The Morgan fingerprint density at radius 2 is 1.58 bits per heavy atom. The highest BCUT2D eigenvalue weighted by atomic mass is 16.5. The van der Waals surface area contributed by atoms with E-state index in [1.807, 2.05) is 37.3 Å². The van der Waals surface area contributed by atoms with Crippen LogP contribution in [0.3, 0.4) is 0 Å². The van der Waals surface area contributed by atoms with Crippen molar-refractivity contribution in [3.63, 3.8) is 0 Å². The number of ether oxygens (including phenoxy) is 1. The van der Waals surface area contributed by atoms with Gasteiger partial charge in [-0.2, -0.15) is 0 Å². The molecule has 0 aliphatic rings. The molecule has 0 saturated carbocycles. The van der Waals surface area contributed by atoms with Crippen LogP contribution < -0.4 is 20.8 Å². The van der Waals surface area contributed by atoms with E-state index >= 15 is 0 Å². The first kappa shape index (κ1) is 24.7. The predicted octanol–water partition coefficient (Wildman–Crippen LogP) is 3.38. The van der Waals surface area contributed by atoms with Gasteiger partial charge in [-0.05, 0) is 49.6 Å². The van der Waals surface area contributed by atoms with Crippen LogP contribution in [0.15, 0.2) is 82.0 Å². The molecule has 3 aromatic carbocycles. The molecule has 1 amide bonds. The van der Waals surface area contributed by atoms with Crippen LogP contribution in [-0.2, 0) is 16.0 Å². The van der Waals surface area contributed by atoms with Gasteiger partial charge in [0.15, 0.2) is 6.10 Å². The van der Waals surface area contributed by atoms with Crippen LogP contribution in [0.1, 0.15) is 40.8 Å². The molecule has 7 nitrogen and oxygen atoms in total. The van der Waals surface area contributed by atoms with E-state index in [0.29, 0.717) is 34.4 Å². The summed E-state index contributed by atoms with van der Waals surface area (Å²) in [6, 6.07) is 20.2. The van der Waals surface area contributed by atoms with Gasteiger partial charge in [-0.3, -0.25) is 4.79 Å². The number of benzene rings is 3. The van der Waals surface area contributed by atoms with Crippen molar-refractivity contribution in [2.45, 2.75) is 39.3 Å². The summed E-state index contributed by atoms with van der Waals surface area (Å²) in [4.78, 5) is 37.2. The van der Waals surface area contributed by atoms with Crippen molar-refractivity contribution in [2.75, 3.05) is 0 Å². The molecule has 0 aliphatic heterocycles. The number of rotatable bonds is 8. The van der Waals surface area contributed by atoms with Gasteiger partial charge in [-0.15, -0.1) is 0 Å². The molecule has 0 fully saturated rings. The van der Waals surface area contributed by atoms with E-state index in [1.165, 1.54) is 6.92 Å². The zero-order valence-electron chi connectivity index (χ0n) is 20.2. The number of carbonyl (C=O) groups is 2. The molecular weight excluding hydrogens is 458 g/mol. The van der Waals surface area contributed by atoms with E-state index in [4.69, 9.17) is 9.15 Å². The largest absolute Gasteiger partial charge is 0.548 e. The van der Waals surface area contributed by atoms with Crippen LogP contribution >= 0.6 is 0 Å². The molecule has 36 heavy (non-hydrogen) atoms. The van der Waals surface area contributed by atoms with Crippen molar-refractivity contribution >= 4 is 22.8 Å². The number of hydrogen-bond acceptors (Lipinski definition) is 6. The van der Waals surface area contributed by atoms with Crippen molar-refractivity contribution in [1.82, 2.24) is 5.32 Å². The maximum atomic E-state index is 12.8. The van der Waals surface area contributed by atoms with Crippen LogP contribution in [0.25, 0.3) is 11.0 Å². The van der Waals surface area contributed by atoms with Gasteiger partial charge in [0.1, 0.15) is 11.3 Å². The highest BCUT2D eigenvalue weighted by Crippen LogP contribution is 2.30. The Hall–Kier alpha value is -4.39. The maximum absolute atomic E-state index is 12.8. The summed E-state index contributed by atoms with van der Waals surface area (Å²) in [5.41, 5.74) is 3.34. The second kappa shape index (κ2) is 10.5. The lowest BCUT2D eigenvalue weighted by atomic mass is 9.98. The minimum absolute atomic E-state index is 0.355. The van der Waals surface area contributed by atoms with Gasteiger partial charge in [0, 0.05) is 22.9 Å². The molecule has 0 bridgehead atoms. The zero-order chi connectivity index (χ0) is 25.8. The zero-order valence-corrected chi connectivity index (χ0v) is 20.2. The Morgan fingerprint density at radius 1 is 0.944 bits per heavy atom. The van der Waals surface area contributed by atoms with Crippen molar-refractivity contribution in [3.8, 4) is 5.75 Å². The Kier molecular flexibility index (Phi) is 7.20. The number of aliphatic carboxylic acids is 1. The Morgan fingerprint density at radius 3 is 2.22 bits per heavy atom. The highest BCUT2D eigenvalue weighted by Gasteiger charge is 2.23. The summed E-state index contributed by atoms with van der Waals surface area (Å²) in [7, 11) is 0. The van der Waals surface area contributed by atoms with E-state index in [2.05, 4.69) is 5.32 Å². The van der Waals surface area contributed by atoms with E-state index in [9.17, 15) is 19.5 Å². The molecule has 184 valence electrons. The molecule has 0 spiro atoms. The lowest BCUT2D eigenvalue weighted by Gasteiger charge is -2.23. The number of carbonyl (C=O) groups excluding carboxylic acids is 2. The fraction of sp³-hybridized carbons (Fsp3) is 0.207. The summed E-state index contributed by atoms with van der Waals surface area (Å²) in [6.45, 7) is 5.15. The summed E-state index contributed by atoms with van der Waals surface area (Å²) in [6.07, 6.45) is -0.558. The molecule has 0 aliphatic carbocycles. The quantitative estimate of drug-likeness (QED) is 0.384. The van der Waals surface area contributed by atoms with Gasteiger partial charge in [-0.1, -0.05) is 60.7 Å². The number of amides is 1. The average molecular weight is 485 g/mol. The van der Waals surface area contributed by atoms with Crippen LogP contribution in [0.4, 0.5) is 0 Å². The van der Waals surface area contributed by atoms with Crippen LogP contribution in [0.5, 0.6) is 5.75 Å². The van der Waals surface area contributed by atoms with Gasteiger partial charge >= 0.3 is 5.63 Å². The summed E-state index contributed by atoms with van der Waals surface area (Å²) < 4.78 is 11.5. The number of carboxylic acid groups (broad SMARTS) is 1. The number of aryl methyl sites for hydroxylation is 2. The predicted molar refractivity (Wildman–Crippen MR) is 134 cm³/mol. The molecule has 4 aromatic rings. The molecule has 7 heteroatoms. The lowest BCUT2D eigenvalue weighted by Crippen LogP contribution is -2.45. The topological polar surface area (TPSA) is 109 Å².